The lowest BCUT2D eigenvalue weighted by molar-refractivity contribution is -0.145. The van der Waals surface area contributed by atoms with Crippen molar-refractivity contribution in [1.82, 2.24) is 5.48 Å². The number of aliphatic hydroxyl groups is 2. The normalized spacial score (nSPS) is 14.0. The van der Waals surface area contributed by atoms with Crippen molar-refractivity contribution < 1.29 is 30.1 Å². The minimum atomic E-state index is -1.11. The maximum atomic E-state index is 11.0. The van der Waals surface area contributed by atoms with Crippen LogP contribution in [0, 0.1) is 0 Å². The van der Waals surface area contributed by atoms with Crippen molar-refractivity contribution in [3.05, 3.63) is 29.8 Å². The number of phenolic OH excluding ortho intramolecular Hbond substituents is 1. The minimum Gasteiger partial charge on any atom is -0.508 e. The summed E-state index contributed by atoms with van der Waals surface area (Å²) in [5.41, 5.74) is 3.03. The topological polar surface area (TPSA) is 119 Å². The van der Waals surface area contributed by atoms with Crippen LogP contribution in [0.1, 0.15) is 5.56 Å². The van der Waals surface area contributed by atoms with E-state index in [0.29, 0.717) is 5.56 Å². The zero-order valence-corrected chi connectivity index (χ0v) is 10.2. The summed E-state index contributed by atoms with van der Waals surface area (Å²) < 4.78 is 0. The zero-order valence-electron chi connectivity index (χ0n) is 10.2. The number of nitrogens with one attached hydrogen (secondary N) is 1. The average Bonchev–Trinajstić information content (AvgIpc) is 2.39. The van der Waals surface area contributed by atoms with Gasteiger partial charge in [0.15, 0.2) is 0 Å². The molecule has 0 saturated heterocycles. The molecule has 0 aliphatic carbocycles. The molecular weight excluding hydrogens is 254 g/mol. The van der Waals surface area contributed by atoms with E-state index in [-0.39, 0.29) is 18.8 Å². The number of rotatable bonds is 8. The highest BCUT2D eigenvalue weighted by Crippen LogP contribution is 2.11. The largest absolute Gasteiger partial charge is 0.508 e. The minimum absolute atomic E-state index is 0.103. The molecule has 0 heterocycles. The van der Waals surface area contributed by atoms with Gasteiger partial charge in [0, 0.05) is 6.42 Å². The number of aliphatic carboxylic acids is 1. The van der Waals surface area contributed by atoms with Crippen molar-refractivity contribution >= 4 is 5.97 Å². The molecule has 19 heavy (non-hydrogen) atoms. The Morgan fingerprint density at radius 3 is 2.47 bits per heavy atom. The molecule has 0 saturated carbocycles. The van der Waals surface area contributed by atoms with Gasteiger partial charge in [-0.1, -0.05) is 12.1 Å². The van der Waals surface area contributed by atoms with E-state index in [0.717, 1.165) is 0 Å². The van der Waals surface area contributed by atoms with Gasteiger partial charge in [0.1, 0.15) is 17.9 Å². The van der Waals surface area contributed by atoms with Crippen LogP contribution in [0.4, 0.5) is 0 Å². The fourth-order valence-corrected chi connectivity index (χ4v) is 1.34. The molecule has 0 spiro atoms. The van der Waals surface area contributed by atoms with Gasteiger partial charge in [-0.3, -0.25) is 9.63 Å². The quantitative estimate of drug-likeness (QED) is 0.395. The number of aromatic hydroxyl groups is 1. The zero-order chi connectivity index (χ0) is 14.3. The molecule has 1 rings (SSSR count). The summed E-state index contributed by atoms with van der Waals surface area (Å²) in [6.45, 7) is -0.673. The van der Waals surface area contributed by atoms with Crippen LogP contribution in [0.5, 0.6) is 5.75 Å². The predicted octanol–water partition coefficient (Wildman–Crippen LogP) is -0.738. The van der Waals surface area contributed by atoms with Crippen LogP contribution in [0.25, 0.3) is 0 Å². The molecule has 7 nitrogen and oxygen atoms in total. The van der Waals surface area contributed by atoms with Gasteiger partial charge in [-0.25, -0.2) is 0 Å². The number of hydrogen-bond acceptors (Lipinski definition) is 6. The van der Waals surface area contributed by atoms with Gasteiger partial charge in [0.05, 0.1) is 13.2 Å². The highest BCUT2D eigenvalue weighted by Gasteiger charge is 2.18. The van der Waals surface area contributed by atoms with Crippen molar-refractivity contribution in [2.24, 2.45) is 0 Å². The van der Waals surface area contributed by atoms with Crippen molar-refractivity contribution in [3.8, 4) is 5.75 Å². The molecule has 106 valence electrons. The molecule has 1 aromatic carbocycles. The first-order valence-corrected chi connectivity index (χ1v) is 5.70. The molecule has 5 N–H and O–H groups in total. The molecular formula is C12H17NO6. The van der Waals surface area contributed by atoms with Crippen LogP contribution in [-0.4, -0.2) is 51.8 Å². The number of benzene rings is 1. The second kappa shape index (κ2) is 7.70. The summed E-state index contributed by atoms with van der Waals surface area (Å²) in [6.07, 6.45) is -0.902. The Hall–Kier alpha value is -1.67. The predicted molar refractivity (Wildman–Crippen MR) is 65.4 cm³/mol. The van der Waals surface area contributed by atoms with Crippen molar-refractivity contribution in [2.75, 3.05) is 13.2 Å². The third-order valence-electron chi connectivity index (χ3n) is 2.39. The molecule has 0 aliphatic rings. The second-order valence-electron chi connectivity index (χ2n) is 4.03. The second-order valence-corrected chi connectivity index (χ2v) is 4.03. The van der Waals surface area contributed by atoms with Crippen molar-refractivity contribution in [1.29, 1.82) is 0 Å². The lowest BCUT2D eigenvalue weighted by Crippen LogP contribution is -2.40. The van der Waals surface area contributed by atoms with Gasteiger partial charge in [0.2, 0.25) is 0 Å². The fourth-order valence-electron chi connectivity index (χ4n) is 1.34. The molecule has 7 heteroatoms. The Balaban J connectivity index is 2.49. The molecule has 0 aliphatic heterocycles. The summed E-state index contributed by atoms with van der Waals surface area (Å²) >= 11 is 0. The van der Waals surface area contributed by atoms with E-state index in [2.05, 4.69) is 5.48 Å². The third kappa shape index (κ3) is 5.66. The van der Waals surface area contributed by atoms with Crippen LogP contribution in [-0.2, 0) is 16.1 Å². The van der Waals surface area contributed by atoms with Crippen molar-refractivity contribution in [3.63, 3.8) is 0 Å². The van der Waals surface area contributed by atoms with E-state index >= 15 is 0 Å². The van der Waals surface area contributed by atoms with Crippen LogP contribution < -0.4 is 5.48 Å². The first kappa shape index (κ1) is 15.4. The molecule has 0 radical (unpaired) electrons. The summed E-state index contributed by atoms with van der Waals surface area (Å²) in [7, 11) is 0. The SMILES string of the molecule is O=C(O)[C@H](Cc1ccc(O)cc1)NOCC(O)CO. The van der Waals surface area contributed by atoms with E-state index in [4.69, 9.17) is 25.3 Å². The molecule has 0 aromatic heterocycles. The van der Waals surface area contributed by atoms with E-state index in [1.165, 1.54) is 12.1 Å². The Labute approximate surface area is 110 Å². The van der Waals surface area contributed by atoms with E-state index < -0.39 is 24.7 Å². The Bertz CT molecular complexity index is 394. The highest BCUT2D eigenvalue weighted by atomic mass is 16.7. The number of carbonyl (C=O) groups is 1. The smallest absolute Gasteiger partial charge is 0.323 e. The highest BCUT2D eigenvalue weighted by molar-refractivity contribution is 5.73. The summed E-state index contributed by atoms with van der Waals surface area (Å²) in [5.74, 6) is -1.00. The summed E-state index contributed by atoms with van der Waals surface area (Å²) in [6, 6.07) is 5.15. The lowest BCUT2D eigenvalue weighted by Gasteiger charge is -2.15. The number of carboxylic acids is 1. The first-order chi connectivity index (χ1) is 9.02. The number of carboxylic acid groups (broad SMARTS) is 1. The number of hydrogen-bond donors (Lipinski definition) is 5. The Kier molecular flexibility index (Phi) is 6.23. The standard InChI is InChI=1S/C12H17NO6/c14-6-10(16)7-19-13-11(12(17)18)5-8-1-3-9(15)4-2-8/h1-4,10-11,13-16H,5-7H2,(H,17,18)/t10?,11-/m0/s1. The van der Waals surface area contributed by atoms with Gasteiger partial charge in [-0.2, -0.15) is 5.48 Å². The Morgan fingerprint density at radius 1 is 1.32 bits per heavy atom. The molecule has 1 unspecified atom stereocenters. The van der Waals surface area contributed by atoms with Gasteiger partial charge < -0.3 is 20.4 Å². The summed E-state index contributed by atoms with van der Waals surface area (Å²) in [4.78, 5) is 15.8. The van der Waals surface area contributed by atoms with E-state index in [1.54, 1.807) is 12.1 Å². The third-order valence-corrected chi connectivity index (χ3v) is 2.39. The van der Waals surface area contributed by atoms with Crippen LogP contribution in [0.15, 0.2) is 24.3 Å². The van der Waals surface area contributed by atoms with Gasteiger partial charge in [-0.05, 0) is 17.7 Å². The van der Waals surface area contributed by atoms with Crippen LogP contribution in [0.2, 0.25) is 0 Å². The number of phenols is 1. The van der Waals surface area contributed by atoms with Crippen LogP contribution >= 0.6 is 0 Å². The molecule has 0 fully saturated rings. The van der Waals surface area contributed by atoms with Gasteiger partial charge in [0.25, 0.3) is 0 Å². The molecule has 1 aromatic rings. The average molecular weight is 271 g/mol. The molecule has 0 amide bonds. The maximum Gasteiger partial charge on any atom is 0.323 e. The molecule has 0 bridgehead atoms. The Morgan fingerprint density at radius 2 is 1.95 bits per heavy atom. The summed E-state index contributed by atoms with van der Waals surface area (Å²) in [5, 5.41) is 35.7. The number of hydroxylamine groups is 1. The maximum absolute atomic E-state index is 11.0. The first-order valence-electron chi connectivity index (χ1n) is 5.70. The van der Waals surface area contributed by atoms with E-state index in [1.807, 2.05) is 0 Å². The van der Waals surface area contributed by atoms with Crippen molar-refractivity contribution in [2.45, 2.75) is 18.6 Å². The molecule has 2 atom stereocenters. The van der Waals surface area contributed by atoms with Crippen LogP contribution in [0.3, 0.4) is 0 Å². The van der Waals surface area contributed by atoms with Gasteiger partial charge >= 0.3 is 5.97 Å². The number of aliphatic hydroxyl groups excluding tert-OH is 2. The fraction of sp³-hybridized carbons (Fsp3) is 0.417. The monoisotopic (exact) mass is 271 g/mol. The van der Waals surface area contributed by atoms with E-state index in [9.17, 15) is 4.79 Å². The lowest BCUT2D eigenvalue weighted by atomic mass is 10.1. The van der Waals surface area contributed by atoms with Gasteiger partial charge in [-0.15, -0.1) is 0 Å².